The molecule has 5 rings (SSSR count). The van der Waals surface area contributed by atoms with Crippen molar-refractivity contribution in [2.45, 2.75) is 25.1 Å². The van der Waals surface area contributed by atoms with Crippen LogP contribution >= 0.6 is 0 Å². The normalized spacial score (nSPS) is 20.7. The minimum Gasteiger partial charge on any atom is -0.445 e. The lowest BCUT2D eigenvalue weighted by atomic mass is 9.87. The Bertz CT molecular complexity index is 1110. The van der Waals surface area contributed by atoms with Crippen LogP contribution in [0.2, 0.25) is 0 Å². The van der Waals surface area contributed by atoms with E-state index in [9.17, 15) is 9.18 Å². The number of nitrogens with zero attached hydrogens (tertiary/aromatic N) is 1. The molecule has 3 aromatic carbocycles. The Kier molecular flexibility index (Phi) is 4.97. The lowest BCUT2D eigenvalue weighted by Gasteiger charge is -2.44. The zero-order valence-electron chi connectivity index (χ0n) is 16.5. The van der Waals surface area contributed by atoms with Gasteiger partial charge in [0.1, 0.15) is 12.4 Å². The third kappa shape index (κ3) is 3.46. The minimum atomic E-state index is -0.323. The third-order valence-electron chi connectivity index (χ3n) is 5.83. The molecule has 2 unspecified atom stereocenters. The summed E-state index contributed by atoms with van der Waals surface area (Å²) in [6, 6.07) is 20.2. The quantitative estimate of drug-likeness (QED) is 0.605. The number of halogens is 1. The van der Waals surface area contributed by atoms with E-state index in [4.69, 9.17) is 9.47 Å². The molecule has 0 N–H and O–H groups in total. The summed E-state index contributed by atoms with van der Waals surface area (Å²) in [6.07, 6.45) is 2.39. The topological polar surface area (TPSA) is 38.8 Å². The molecule has 2 aliphatic heterocycles. The van der Waals surface area contributed by atoms with Gasteiger partial charge in [-0.2, -0.15) is 0 Å². The van der Waals surface area contributed by atoms with Crippen molar-refractivity contribution in [2.75, 3.05) is 13.2 Å². The van der Waals surface area contributed by atoms with Gasteiger partial charge in [-0.05, 0) is 34.6 Å². The molecule has 3 aromatic rings. The van der Waals surface area contributed by atoms with Gasteiger partial charge in [0.05, 0.1) is 25.3 Å². The maximum absolute atomic E-state index is 14.2. The van der Waals surface area contributed by atoms with E-state index in [0.717, 1.165) is 22.1 Å². The molecular weight excluding hydrogens is 381 g/mol. The van der Waals surface area contributed by atoms with Crippen LogP contribution in [0.5, 0.6) is 0 Å². The molecule has 0 aromatic heterocycles. The Balaban J connectivity index is 1.42. The van der Waals surface area contributed by atoms with Crippen LogP contribution in [-0.4, -0.2) is 36.3 Å². The van der Waals surface area contributed by atoms with Gasteiger partial charge in [0.15, 0.2) is 0 Å². The minimum absolute atomic E-state index is 0.101. The first kappa shape index (κ1) is 18.8. The summed E-state index contributed by atoms with van der Waals surface area (Å²) >= 11 is 0. The van der Waals surface area contributed by atoms with E-state index >= 15 is 0 Å². The first-order chi connectivity index (χ1) is 14.7. The molecule has 30 heavy (non-hydrogen) atoms. The molecule has 4 nitrogen and oxygen atoms in total. The highest BCUT2D eigenvalue weighted by atomic mass is 19.1. The Labute approximate surface area is 174 Å². The van der Waals surface area contributed by atoms with Crippen molar-refractivity contribution < 1.29 is 18.7 Å². The number of hydrogen-bond acceptors (Lipinski definition) is 3. The molecular formula is C25H22FNO3. The molecule has 5 heteroatoms. The Hall–Kier alpha value is -3.18. The van der Waals surface area contributed by atoms with Crippen LogP contribution in [0.25, 0.3) is 16.3 Å². The van der Waals surface area contributed by atoms with Crippen LogP contribution in [0.3, 0.4) is 0 Å². The standard InChI is InChI=1S/C25H22FNO3/c26-24-11-10-21(22-8-4-5-9-23(22)24)18-12-19-15-29-16-20(13-18)27(19)25(28)30-14-17-6-2-1-3-7-17/h1-12,19-20H,13-16H2. The Morgan fingerprint density at radius 1 is 1.00 bits per heavy atom. The highest BCUT2D eigenvalue weighted by Crippen LogP contribution is 2.36. The monoisotopic (exact) mass is 403 g/mol. The molecule has 1 saturated heterocycles. The molecule has 0 radical (unpaired) electrons. The summed E-state index contributed by atoms with van der Waals surface area (Å²) in [5.41, 5.74) is 3.09. The molecule has 1 amide bonds. The van der Waals surface area contributed by atoms with Crippen LogP contribution < -0.4 is 0 Å². The third-order valence-corrected chi connectivity index (χ3v) is 5.83. The first-order valence-electron chi connectivity index (χ1n) is 10.2. The molecule has 0 spiro atoms. The predicted octanol–water partition coefficient (Wildman–Crippen LogP) is 5.17. The number of carbonyl (C=O) groups is 1. The fourth-order valence-corrected chi connectivity index (χ4v) is 4.42. The van der Waals surface area contributed by atoms with Gasteiger partial charge in [-0.1, -0.05) is 66.7 Å². The summed E-state index contributed by atoms with van der Waals surface area (Å²) in [4.78, 5) is 14.6. The molecule has 1 fully saturated rings. The maximum Gasteiger partial charge on any atom is 0.411 e. The zero-order valence-corrected chi connectivity index (χ0v) is 16.5. The van der Waals surface area contributed by atoms with Crippen LogP contribution in [0, 0.1) is 5.82 Å². The van der Waals surface area contributed by atoms with Crippen molar-refractivity contribution >= 4 is 22.4 Å². The summed E-state index contributed by atoms with van der Waals surface area (Å²) in [5, 5.41) is 1.50. The first-order valence-corrected chi connectivity index (χ1v) is 10.2. The van der Waals surface area contributed by atoms with Gasteiger partial charge in [-0.3, -0.25) is 4.90 Å². The van der Waals surface area contributed by atoms with Crippen LogP contribution in [0.1, 0.15) is 17.5 Å². The van der Waals surface area contributed by atoms with E-state index in [1.165, 1.54) is 6.07 Å². The van der Waals surface area contributed by atoms with Crippen molar-refractivity contribution in [3.05, 3.63) is 89.8 Å². The molecule has 2 heterocycles. The van der Waals surface area contributed by atoms with Gasteiger partial charge in [0.2, 0.25) is 0 Å². The maximum atomic E-state index is 14.2. The average molecular weight is 403 g/mol. The molecule has 152 valence electrons. The van der Waals surface area contributed by atoms with E-state index in [0.29, 0.717) is 25.0 Å². The van der Waals surface area contributed by atoms with Gasteiger partial charge in [-0.15, -0.1) is 0 Å². The van der Waals surface area contributed by atoms with Crippen molar-refractivity contribution in [3.8, 4) is 0 Å². The molecule has 2 atom stereocenters. The highest BCUT2D eigenvalue weighted by Gasteiger charge is 2.39. The average Bonchev–Trinajstić information content (AvgIpc) is 2.78. The summed E-state index contributed by atoms with van der Waals surface area (Å²) in [6.45, 7) is 1.14. The van der Waals surface area contributed by atoms with Gasteiger partial charge < -0.3 is 9.47 Å². The van der Waals surface area contributed by atoms with E-state index in [2.05, 4.69) is 6.08 Å². The second-order valence-electron chi connectivity index (χ2n) is 7.74. The number of carbonyl (C=O) groups excluding carboxylic acids is 1. The molecule has 0 aliphatic carbocycles. The predicted molar refractivity (Wildman–Crippen MR) is 113 cm³/mol. The number of amides is 1. The number of morpholine rings is 1. The van der Waals surface area contributed by atoms with E-state index in [1.54, 1.807) is 11.0 Å². The lowest BCUT2D eigenvalue weighted by Crippen LogP contribution is -2.56. The van der Waals surface area contributed by atoms with Gasteiger partial charge in [0, 0.05) is 5.39 Å². The number of ether oxygens (including phenoxy) is 2. The summed E-state index contributed by atoms with van der Waals surface area (Å²) in [7, 11) is 0. The SMILES string of the molecule is O=C(OCc1ccccc1)N1C2C=C(c3ccc(F)c4ccccc34)CC1COC2. The van der Waals surface area contributed by atoms with Gasteiger partial charge in [0.25, 0.3) is 0 Å². The van der Waals surface area contributed by atoms with Crippen molar-refractivity contribution in [1.29, 1.82) is 0 Å². The van der Waals surface area contributed by atoms with E-state index < -0.39 is 0 Å². The number of hydrogen-bond donors (Lipinski definition) is 0. The Morgan fingerprint density at radius 2 is 1.77 bits per heavy atom. The van der Waals surface area contributed by atoms with Crippen LogP contribution in [0.15, 0.2) is 72.8 Å². The second-order valence-corrected chi connectivity index (χ2v) is 7.74. The number of rotatable bonds is 3. The molecule has 2 aliphatic rings. The largest absolute Gasteiger partial charge is 0.445 e. The van der Waals surface area contributed by atoms with Gasteiger partial charge >= 0.3 is 6.09 Å². The lowest BCUT2D eigenvalue weighted by molar-refractivity contribution is -0.0342. The van der Waals surface area contributed by atoms with Crippen molar-refractivity contribution in [3.63, 3.8) is 0 Å². The fraction of sp³-hybridized carbons (Fsp3) is 0.240. The van der Waals surface area contributed by atoms with Crippen LogP contribution in [0.4, 0.5) is 9.18 Å². The van der Waals surface area contributed by atoms with E-state index in [-0.39, 0.29) is 30.6 Å². The zero-order chi connectivity index (χ0) is 20.5. The number of fused-ring (bicyclic) bond motifs is 3. The van der Waals surface area contributed by atoms with Crippen molar-refractivity contribution in [2.24, 2.45) is 0 Å². The second kappa shape index (κ2) is 7.92. The Morgan fingerprint density at radius 3 is 2.57 bits per heavy atom. The van der Waals surface area contributed by atoms with Crippen molar-refractivity contribution in [1.82, 2.24) is 4.90 Å². The molecule has 2 bridgehead atoms. The van der Waals surface area contributed by atoms with Gasteiger partial charge in [-0.25, -0.2) is 9.18 Å². The fourth-order valence-electron chi connectivity index (χ4n) is 4.42. The number of benzene rings is 3. The summed E-state index contributed by atoms with van der Waals surface area (Å²) < 4.78 is 25.5. The van der Waals surface area contributed by atoms with E-state index in [1.807, 2.05) is 54.6 Å². The summed E-state index contributed by atoms with van der Waals surface area (Å²) in [5.74, 6) is -0.222. The van der Waals surface area contributed by atoms with Crippen LogP contribution in [-0.2, 0) is 16.1 Å². The molecule has 0 saturated carbocycles. The smallest absolute Gasteiger partial charge is 0.411 e. The highest BCUT2D eigenvalue weighted by molar-refractivity contribution is 5.94.